The number of rotatable bonds is 8. The highest BCUT2D eigenvalue weighted by Crippen LogP contribution is 2.47. The maximum Gasteiger partial charge on any atom is 0.251 e. The molecule has 1 N–H and O–H groups in total. The quantitative estimate of drug-likeness (QED) is 0.557. The van der Waals surface area contributed by atoms with Crippen LogP contribution in [0.5, 0.6) is 5.75 Å². The average Bonchev–Trinajstić information content (AvgIpc) is 3.25. The third-order valence-corrected chi connectivity index (χ3v) is 6.78. The van der Waals surface area contributed by atoms with Crippen molar-refractivity contribution in [3.8, 4) is 5.75 Å². The number of anilines is 1. The van der Waals surface area contributed by atoms with Gasteiger partial charge in [0.05, 0.1) is 19.3 Å². The Morgan fingerprint density at radius 2 is 1.91 bits per heavy atom. The lowest BCUT2D eigenvalue weighted by atomic mass is 9.57. The third kappa shape index (κ3) is 4.64. The highest BCUT2D eigenvalue weighted by molar-refractivity contribution is 5.94. The summed E-state index contributed by atoms with van der Waals surface area (Å²) in [4.78, 5) is 14.8. The van der Waals surface area contributed by atoms with Gasteiger partial charge in [0.25, 0.3) is 5.91 Å². The SMILES string of the molecule is COc1ccc(C(=O)N[C@H]2C[C@@H](Cc3cc(CN(C)c4ccccc4)on3)C2(C)C)cc1. The molecule has 1 amide bonds. The van der Waals surface area contributed by atoms with Crippen molar-refractivity contribution in [1.82, 2.24) is 10.5 Å². The predicted molar refractivity (Wildman–Crippen MR) is 125 cm³/mol. The Kier molecular flexibility index (Phi) is 6.21. The van der Waals surface area contributed by atoms with Gasteiger partial charge in [0, 0.05) is 30.4 Å². The van der Waals surface area contributed by atoms with Crippen molar-refractivity contribution in [1.29, 1.82) is 0 Å². The van der Waals surface area contributed by atoms with E-state index in [4.69, 9.17) is 9.26 Å². The molecule has 6 heteroatoms. The van der Waals surface area contributed by atoms with Crippen LogP contribution in [0.25, 0.3) is 0 Å². The molecular weight excluding hydrogens is 402 g/mol. The molecule has 0 unspecified atom stereocenters. The number of methoxy groups -OCH3 is 1. The molecule has 0 spiro atoms. The number of hydrogen-bond acceptors (Lipinski definition) is 5. The fourth-order valence-corrected chi connectivity index (χ4v) is 4.38. The largest absolute Gasteiger partial charge is 0.497 e. The maximum atomic E-state index is 12.6. The topological polar surface area (TPSA) is 67.6 Å². The Bertz CT molecular complexity index is 1040. The number of ether oxygens (including phenoxy) is 1. The van der Waals surface area contributed by atoms with Gasteiger partial charge >= 0.3 is 0 Å². The van der Waals surface area contributed by atoms with Crippen molar-refractivity contribution >= 4 is 11.6 Å². The Morgan fingerprint density at radius 1 is 1.19 bits per heavy atom. The minimum atomic E-state index is -0.0446. The molecule has 2 atom stereocenters. The van der Waals surface area contributed by atoms with Crippen molar-refractivity contribution < 1.29 is 14.1 Å². The van der Waals surface area contributed by atoms with Crippen LogP contribution in [-0.2, 0) is 13.0 Å². The van der Waals surface area contributed by atoms with Gasteiger partial charge in [-0.15, -0.1) is 0 Å². The molecule has 168 valence electrons. The number of aromatic nitrogens is 1. The van der Waals surface area contributed by atoms with Crippen LogP contribution in [0.2, 0.25) is 0 Å². The molecular formula is C26H31N3O3. The molecule has 1 aromatic heterocycles. The van der Waals surface area contributed by atoms with Gasteiger partial charge in [-0.3, -0.25) is 4.79 Å². The lowest BCUT2D eigenvalue weighted by molar-refractivity contribution is 0.0138. The Balaban J connectivity index is 1.31. The molecule has 1 saturated carbocycles. The fourth-order valence-electron chi connectivity index (χ4n) is 4.38. The maximum absolute atomic E-state index is 12.6. The molecule has 0 aliphatic heterocycles. The normalized spacial score (nSPS) is 19.1. The summed E-state index contributed by atoms with van der Waals surface area (Å²) in [5.74, 6) is 1.99. The standard InChI is InChI=1S/C26H31N3O3/c1-26(2)19(15-24(26)27-25(30)18-10-12-22(31-4)13-11-18)14-20-16-23(32-28-20)17-29(3)21-8-6-5-7-9-21/h5-13,16,19,24H,14-15,17H2,1-4H3,(H,27,30)/t19-,24+/m1/s1. The molecule has 1 aliphatic carbocycles. The van der Waals surface area contributed by atoms with Crippen molar-refractivity contribution in [2.75, 3.05) is 19.1 Å². The molecule has 1 heterocycles. The molecule has 32 heavy (non-hydrogen) atoms. The van der Waals surface area contributed by atoms with Gasteiger partial charge in [-0.1, -0.05) is 37.2 Å². The van der Waals surface area contributed by atoms with E-state index in [2.05, 4.69) is 47.4 Å². The van der Waals surface area contributed by atoms with E-state index in [0.717, 1.165) is 35.7 Å². The highest BCUT2D eigenvalue weighted by Gasteiger charge is 2.48. The lowest BCUT2D eigenvalue weighted by Gasteiger charge is -2.52. The number of carbonyl (C=O) groups is 1. The summed E-state index contributed by atoms with van der Waals surface area (Å²) in [6.45, 7) is 5.10. The molecule has 1 fully saturated rings. The molecule has 0 bridgehead atoms. The van der Waals surface area contributed by atoms with Crippen LogP contribution in [0.15, 0.2) is 65.2 Å². The van der Waals surface area contributed by atoms with Crippen LogP contribution >= 0.6 is 0 Å². The number of amides is 1. The molecule has 4 rings (SSSR count). The molecule has 1 aliphatic rings. The van der Waals surface area contributed by atoms with Gasteiger partial charge in [0.2, 0.25) is 0 Å². The smallest absolute Gasteiger partial charge is 0.251 e. The number of nitrogens with zero attached hydrogens (tertiary/aromatic N) is 2. The Hall–Kier alpha value is -3.28. The molecule has 0 saturated heterocycles. The van der Waals surface area contributed by atoms with Crippen LogP contribution in [-0.4, -0.2) is 31.3 Å². The second kappa shape index (κ2) is 9.07. The van der Waals surface area contributed by atoms with Crippen molar-refractivity contribution in [2.24, 2.45) is 11.3 Å². The summed E-state index contributed by atoms with van der Waals surface area (Å²) in [5.41, 5.74) is 2.75. The van der Waals surface area contributed by atoms with E-state index in [1.165, 1.54) is 0 Å². The van der Waals surface area contributed by atoms with Crippen LogP contribution in [0, 0.1) is 11.3 Å². The van der Waals surface area contributed by atoms with Gasteiger partial charge in [-0.2, -0.15) is 0 Å². The lowest BCUT2D eigenvalue weighted by Crippen LogP contribution is -2.58. The van der Waals surface area contributed by atoms with E-state index < -0.39 is 0 Å². The van der Waals surface area contributed by atoms with E-state index in [-0.39, 0.29) is 17.4 Å². The van der Waals surface area contributed by atoms with Crippen LogP contribution < -0.4 is 15.0 Å². The van der Waals surface area contributed by atoms with Crippen LogP contribution in [0.3, 0.4) is 0 Å². The van der Waals surface area contributed by atoms with Gasteiger partial charge in [0.1, 0.15) is 5.75 Å². The molecule has 6 nitrogen and oxygen atoms in total. The van der Waals surface area contributed by atoms with Crippen molar-refractivity contribution in [3.05, 3.63) is 77.7 Å². The van der Waals surface area contributed by atoms with Gasteiger partial charge in [-0.05, 0) is 60.6 Å². The van der Waals surface area contributed by atoms with E-state index in [1.807, 2.05) is 25.2 Å². The Morgan fingerprint density at radius 3 is 2.56 bits per heavy atom. The zero-order valence-electron chi connectivity index (χ0n) is 19.2. The number of nitrogens with one attached hydrogen (secondary N) is 1. The Labute approximate surface area is 189 Å². The van der Waals surface area contributed by atoms with Gasteiger partial charge < -0.3 is 19.5 Å². The second-order valence-corrected chi connectivity index (χ2v) is 9.19. The van der Waals surface area contributed by atoms with E-state index in [9.17, 15) is 4.79 Å². The monoisotopic (exact) mass is 433 g/mol. The van der Waals surface area contributed by atoms with Gasteiger partial charge in [-0.25, -0.2) is 0 Å². The predicted octanol–water partition coefficient (Wildman–Crippen LogP) is 4.71. The number of hydrogen-bond donors (Lipinski definition) is 1. The first-order valence-electron chi connectivity index (χ1n) is 11.0. The van der Waals surface area contributed by atoms with E-state index in [1.54, 1.807) is 31.4 Å². The third-order valence-electron chi connectivity index (χ3n) is 6.78. The first-order valence-corrected chi connectivity index (χ1v) is 11.0. The zero-order chi connectivity index (χ0) is 22.7. The highest BCUT2D eigenvalue weighted by atomic mass is 16.5. The molecule has 2 aromatic carbocycles. The summed E-state index contributed by atoms with van der Waals surface area (Å²) >= 11 is 0. The molecule has 0 radical (unpaired) electrons. The fraction of sp³-hybridized carbons (Fsp3) is 0.385. The number of carbonyl (C=O) groups excluding carboxylic acids is 1. The summed E-state index contributed by atoms with van der Waals surface area (Å²) < 4.78 is 10.8. The first kappa shape index (κ1) is 21.9. The number of benzene rings is 2. The van der Waals surface area contributed by atoms with Crippen LogP contribution in [0.1, 0.15) is 42.1 Å². The molecule has 3 aromatic rings. The van der Waals surface area contributed by atoms with Gasteiger partial charge in [0.15, 0.2) is 5.76 Å². The van der Waals surface area contributed by atoms with E-state index >= 15 is 0 Å². The second-order valence-electron chi connectivity index (χ2n) is 9.19. The van der Waals surface area contributed by atoms with Crippen molar-refractivity contribution in [3.63, 3.8) is 0 Å². The average molecular weight is 434 g/mol. The summed E-state index contributed by atoms with van der Waals surface area (Å²) in [6.07, 6.45) is 1.78. The minimum Gasteiger partial charge on any atom is -0.497 e. The summed E-state index contributed by atoms with van der Waals surface area (Å²) in [6, 6.07) is 19.6. The van der Waals surface area contributed by atoms with Crippen LogP contribution in [0.4, 0.5) is 5.69 Å². The number of para-hydroxylation sites is 1. The minimum absolute atomic E-state index is 0.0118. The summed E-state index contributed by atoms with van der Waals surface area (Å²) in [5, 5.41) is 7.49. The first-order chi connectivity index (χ1) is 15.4. The summed E-state index contributed by atoms with van der Waals surface area (Å²) in [7, 11) is 3.66. The van der Waals surface area contributed by atoms with E-state index in [0.29, 0.717) is 18.0 Å². The zero-order valence-corrected chi connectivity index (χ0v) is 19.2. The van der Waals surface area contributed by atoms with Crippen molar-refractivity contribution in [2.45, 2.75) is 39.3 Å².